The van der Waals surface area contributed by atoms with E-state index in [2.05, 4.69) is 205 Å². The normalized spacial score (nSPS) is 15.9. The molecule has 4 aliphatic heterocycles. The third kappa shape index (κ3) is 27.2. The zero-order valence-corrected chi connectivity index (χ0v) is 84.9. The Labute approximate surface area is 833 Å². The number of piperazine rings is 4. The molecule has 0 bridgehead atoms. The van der Waals surface area contributed by atoms with Crippen molar-refractivity contribution in [3.63, 3.8) is 0 Å². The van der Waals surface area contributed by atoms with Gasteiger partial charge in [0.2, 0.25) is 43.8 Å². The Morgan fingerprint density at radius 3 is 1.17 bits per heavy atom. The largest absolute Gasteiger partial charge is 0.496 e. The van der Waals surface area contributed by atoms with Gasteiger partial charge in [-0.1, -0.05) is 72.1 Å². The predicted molar refractivity (Wildman–Crippen MR) is 560 cm³/mol. The number of ether oxygens (including phenoxy) is 3. The molecule has 34 heteroatoms. The van der Waals surface area contributed by atoms with Gasteiger partial charge in [-0.3, -0.25) is 0 Å². The Morgan fingerprint density at radius 2 is 0.755 bits per heavy atom. The molecule has 12 aromatic rings. The zero-order valence-electron chi connectivity index (χ0n) is 81.0. The Hall–Kier alpha value is -11.6. The minimum Gasteiger partial charge on any atom is -0.496 e. The highest BCUT2D eigenvalue weighted by Crippen LogP contribution is 2.38. The Morgan fingerprint density at radius 1 is 0.374 bits per heavy atom. The molecule has 29 nitrogen and oxygen atoms in total. The summed E-state index contributed by atoms with van der Waals surface area (Å²) in [5, 5.41) is 15.0. The van der Waals surface area contributed by atoms with E-state index >= 15 is 0 Å². The number of methoxy groups -OCH3 is 3. The van der Waals surface area contributed by atoms with Gasteiger partial charge in [-0.15, -0.1) is 0 Å². The number of nitrogens with zero attached hydrogens (tertiary/aromatic N) is 16. The van der Waals surface area contributed by atoms with Crippen molar-refractivity contribution in [2.75, 3.05) is 195 Å². The smallest absolute Gasteiger partial charge is 0.240 e. The quantitative estimate of drug-likeness (QED) is 0.0244. The Kier molecular flexibility index (Phi) is 33.7. The number of rotatable bonds is 30. The van der Waals surface area contributed by atoms with E-state index in [4.69, 9.17) is 73.9 Å². The van der Waals surface area contributed by atoms with Gasteiger partial charge >= 0.3 is 0 Å². The maximum Gasteiger partial charge on any atom is 0.240 e. The minimum atomic E-state index is -3.55. The first kappa shape index (κ1) is 100. The molecule has 6 N–H and O–H groups in total. The van der Waals surface area contributed by atoms with Gasteiger partial charge in [0, 0.05) is 217 Å². The first-order valence-electron chi connectivity index (χ1n) is 48.0. The number of nitrogens with one attached hydrogen (secondary N) is 6. The monoisotopic (exact) mass is 1980 g/mol. The molecule has 8 heterocycles. The Bertz CT molecular complexity index is 6220. The predicted octanol–water partition coefficient (Wildman–Crippen LogP) is 16.9. The second-order valence-corrected chi connectivity index (χ2v) is 41.5. The van der Waals surface area contributed by atoms with Gasteiger partial charge in [0.25, 0.3) is 0 Å². The fraction of sp³-hybridized carbons (Fsp3) is 0.390. The summed E-state index contributed by atoms with van der Waals surface area (Å²) in [6.07, 6.45) is 14.4. The highest BCUT2D eigenvalue weighted by molar-refractivity contribution is 7.89. The highest BCUT2D eigenvalue weighted by atomic mass is 35.5. The van der Waals surface area contributed by atoms with E-state index in [0.29, 0.717) is 92.4 Å². The molecule has 0 radical (unpaired) electrons. The van der Waals surface area contributed by atoms with Crippen LogP contribution in [0.15, 0.2) is 198 Å². The average molecular weight is 1980 g/mol. The van der Waals surface area contributed by atoms with Gasteiger partial charge in [-0.05, 0) is 273 Å². The van der Waals surface area contributed by atoms with Crippen LogP contribution >= 0.6 is 34.8 Å². The van der Waals surface area contributed by atoms with Crippen molar-refractivity contribution in [3.05, 3.63) is 276 Å². The number of likely N-dealkylation sites (N-methyl/N-ethyl adjacent to an activating group) is 4. The second-order valence-electron chi connectivity index (χ2n) is 36.8. The number of sulfonamides is 2. The third-order valence-electron chi connectivity index (χ3n) is 26.1. The standard InChI is InChI=1S/C28H34N6O2S.C28H36N6O2S.C25H30ClN5O.C24H27Cl2N5O2/c1-33-14-16-34(17-15-33)23-12-10-21(11-13-23)29-28-30-26-7-3-6-25(26)27(31-28)19-20-4-2-5-24(18-20)37(35,36)32-22-8-9-22;1-20(2)32-37(35,36)24-7-4-6-21(18-24)19-27-25-8-5-9-26(25)30-28(31-27)29-22-10-12-23(13-11-22)34-16-14-33(3)15-17-34;1-4-19-17-27-25(29-23(19)15-18-5-10-22(26)24(16-18)32-3)28-20-6-8-21(9-7-20)31-13-11-30(2)12-14-31;1-30-8-10-31(11-9-30)18-6-4-17(5-7-18)28-24-27-15-20(26)21(29-24)12-16-13-23(33-3)19(25)14-22(16)32-2/h2,4-5,10-13,18,22,32H,3,6-9,14-17,19H2,1H3,(H,29,30,31);4,6-7,10-13,18,20,32H,5,8-9,14-17,19H2,1-3H3,(H,29,30,31);5-10,16-17H,4,11-15H2,1-3H3,(H,27,28,29);4-7,13-15H,8-12H2,1-3H3,(H,27,28,29). The lowest BCUT2D eigenvalue weighted by molar-refractivity contribution is 0.313. The molecule has 5 fully saturated rings. The molecule has 732 valence electrons. The van der Waals surface area contributed by atoms with Crippen LogP contribution in [0.2, 0.25) is 15.1 Å². The van der Waals surface area contributed by atoms with Gasteiger partial charge in [-0.2, -0.15) is 0 Å². The van der Waals surface area contributed by atoms with Crippen LogP contribution in [0.4, 0.5) is 69.3 Å². The van der Waals surface area contributed by atoms with Crippen LogP contribution in [0.3, 0.4) is 0 Å². The third-order valence-corrected chi connectivity index (χ3v) is 30.2. The molecule has 0 unspecified atom stereocenters. The first-order valence-corrected chi connectivity index (χ1v) is 52.1. The van der Waals surface area contributed by atoms with E-state index in [1.165, 1.54) is 33.9 Å². The van der Waals surface area contributed by atoms with Crippen LogP contribution in [-0.2, 0) is 77.8 Å². The summed E-state index contributed by atoms with van der Waals surface area (Å²) in [7, 11) is 6.43. The number of hydrogen-bond acceptors (Lipinski definition) is 27. The van der Waals surface area contributed by atoms with E-state index in [1.54, 1.807) is 63.9 Å². The van der Waals surface area contributed by atoms with Crippen LogP contribution < -0.4 is 64.5 Å². The SMILES string of the molecule is CC(C)NS(=O)(=O)c1cccc(Cc2nc(Nc3ccc(N4CCN(C)CC4)cc3)nc3c2CCC3)c1.CCc1cnc(Nc2ccc(N3CCN(C)CC3)cc2)nc1Cc1ccc(Cl)c(OC)c1.CN1CCN(c2ccc(Nc3nc4c(c(Cc5cccc(S(=O)(=O)NC6CC6)c5)n3)CCC4)cc2)CC1.COc1cc(Cc2nc(Nc3ccc(N4CCN(C)CC4)cc3)ncc2Cl)c(OC)cc1Cl. The van der Waals surface area contributed by atoms with E-state index < -0.39 is 20.0 Å². The van der Waals surface area contributed by atoms with Crippen LogP contribution in [0, 0.1) is 0 Å². The van der Waals surface area contributed by atoms with Gasteiger partial charge < -0.3 is 74.7 Å². The van der Waals surface area contributed by atoms with Crippen molar-refractivity contribution in [2.45, 2.75) is 126 Å². The summed E-state index contributed by atoms with van der Waals surface area (Å²) in [4.78, 5) is 57.4. The fourth-order valence-electron chi connectivity index (χ4n) is 17.9. The van der Waals surface area contributed by atoms with Crippen molar-refractivity contribution in [3.8, 4) is 17.2 Å². The molecule has 0 amide bonds. The number of aromatic nitrogens is 8. The first-order chi connectivity index (χ1) is 67.2. The average Bonchev–Trinajstić information content (AvgIpc) is 1.67. The number of aryl methyl sites for hydroxylation is 3. The molecular formula is C105H127Cl3N22O7S2. The fourth-order valence-corrected chi connectivity index (χ4v) is 21.2. The van der Waals surface area contributed by atoms with Gasteiger partial charge in [0.1, 0.15) is 17.2 Å². The molecule has 4 aromatic heterocycles. The van der Waals surface area contributed by atoms with Crippen molar-refractivity contribution >= 4 is 124 Å². The molecule has 3 aliphatic carbocycles. The molecule has 19 rings (SSSR count). The molecule has 1 saturated carbocycles. The Balaban J connectivity index is 0.000000134. The maximum absolute atomic E-state index is 12.7. The molecular weight excluding hydrogens is 1850 g/mol. The maximum atomic E-state index is 12.7. The molecule has 0 atom stereocenters. The van der Waals surface area contributed by atoms with E-state index in [9.17, 15) is 16.8 Å². The molecule has 4 saturated heterocycles. The van der Waals surface area contributed by atoms with Crippen molar-refractivity contribution < 1.29 is 31.0 Å². The van der Waals surface area contributed by atoms with Gasteiger partial charge in [0.05, 0.1) is 75.2 Å². The zero-order chi connectivity index (χ0) is 97.3. The second kappa shape index (κ2) is 46.7. The summed E-state index contributed by atoms with van der Waals surface area (Å²) < 4.78 is 72.4. The van der Waals surface area contributed by atoms with Crippen LogP contribution in [0.1, 0.15) is 120 Å². The summed E-state index contributed by atoms with van der Waals surface area (Å²) in [5.74, 6) is 4.15. The number of halogens is 3. The molecule has 139 heavy (non-hydrogen) atoms. The van der Waals surface area contributed by atoms with E-state index in [0.717, 1.165) is 242 Å². The van der Waals surface area contributed by atoms with Crippen LogP contribution in [0.5, 0.6) is 17.2 Å². The summed E-state index contributed by atoms with van der Waals surface area (Å²) in [5.41, 5.74) is 21.9. The van der Waals surface area contributed by atoms with Crippen LogP contribution in [-0.4, -0.2) is 243 Å². The van der Waals surface area contributed by atoms with Crippen molar-refractivity contribution in [2.24, 2.45) is 0 Å². The molecule has 0 spiro atoms. The van der Waals surface area contributed by atoms with Crippen molar-refractivity contribution in [1.29, 1.82) is 0 Å². The van der Waals surface area contributed by atoms with E-state index in [-0.39, 0.29) is 17.0 Å². The lowest BCUT2D eigenvalue weighted by Crippen LogP contribution is -2.44. The lowest BCUT2D eigenvalue weighted by Gasteiger charge is -2.34. The van der Waals surface area contributed by atoms with E-state index in [1.807, 2.05) is 74.6 Å². The number of benzene rings is 8. The van der Waals surface area contributed by atoms with Crippen molar-refractivity contribution in [1.82, 2.24) is 68.9 Å². The minimum absolute atomic E-state index is 0.0862. The van der Waals surface area contributed by atoms with Crippen LogP contribution in [0.25, 0.3) is 0 Å². The molecule has 7 aliphatic rings. The summed E-state index contributed by atoms with van der Waals surface area (Å²) >= 11 is 18.8. The van der Waals surface area contributed by atoms with Gasteiger partial charge in [-0.25, -0.2) is 66.2 Å². The lowest BCUT2D eigenvalue weighted by atomic mass is 10.0. The summed E-state index contributed by atoms with van der Waals surface area (Å²) in [6.45, 7) is 22.8. The van der Waals surface area contributed by atoms with Gasteiger partial charge in [0.15, 0.2) is 0 Å². The topological polar surface area (TPSA) is 297 Å². The molecule has 8 aromatic carbocycles. The summed E-state index contributed by atoms with van der Waals surface area (Å²) in [6, 6.07) is 57.5. The number of fused-ring (bicyclic) bond motifs is 2. The number of anilines is 12. The highest BCUT2D eigenvalue weighted by Gasteiger charge is 2.30. The number of hydrogen-bond donors (Lipinski definition) is 6.